The van der Waals surface area contributed by atoms with Crippen molar-refractivity contribution < 1.29 is 58.5 Å². The van der Waals surface area contributed by atoms with Gasteiger partial charge in [-0.1, -0.05) is 12.1 Å². The first kappa shape index (κ1) is 32.9. The van der Waals surface area contributed by atoms with Gasteiger partial charge in [-0.05, 0) is 31.5 Å². The Balaban J connectivity index is 0.00000423. The maximum atomic E-state index is 13.9. The Kier molecular flexibility index (Phi) is 9.91. The molecule has 14 heteroatoms. The summed E-state index contributed by atoms with van der Waals surface area (Å²) in [7, 11) is 0. The predicted molar refractivity (Wildman–Crippen MR) is 149 cm³/mol. The molecule has 0 spiro atoms. The molecule has 1 aliphatic heterocycles. The lowest BCUT2D eigenvalue weighted by Crippen LogP contribution is -2.53. The standard InChI is InChI=1S/C29H33NO12.ClH/c1-13-25(35)19(30)7-22(41-13)42-21-9-29(14(2)34,40-12-33)8-18-16(21)6-17-24(28(18)39-11-32)26(36)15-4-3-5-20(38-10-31)23(15)27(17)37;/h3-6,13,19,21-22,25,31-33,35H,7-12,30H2,1-2H3;1H/t13-,19+,21?,22+,25+,29+;/m1./s1. The highest BCUT2D eigenvalue weighted by molar-refractivity contribution is 6.30. The predicted octanol–water partition coefficient (Wildman–Crippen LogP) is 0.662. The Morgan fingerprint density at radius 1 is 1.07 bits per heavy atom. The molecule has 234 valence electrons. The van der Waals surface area contributed by atoms with Crippen molar-refractivity contribution in [2.45, 2.75) is 69.4 Å². The van der Waals surface area contributed by atoms with Crippen LogP contribution in [0.15, 0.2) is 24.3 Å². The molecule has 1 fully saturated rings. The van der Waals surface area contributed by atoms with Crippen molar-refractivity contribution in [2.24, 2.45) is 5.73 Å². The van der Waals surface area contributed by atoms with E-state index in [1.54, 1.807) is 6.92 Å². The lowest BCUT2D eigenvalue weighted by Gasteiger charge is -2.43. The molecular formula is C29H34ClNO12. The molecule has 0 amide bonds. The summed E-state index contributed by atoms with van der Waals surface area (Å²) in [4.78, 5) is 40.8. The number of ketones is 3. The maximum Gasteiger partial charge on any atom is 0.198 e. The molecule has 0 saturated carbocycles. The quantitative estimate of drug-likeness (QED) is 0.208. The van der Waals surface area contributed by atoms with Crippen LogP contribution in [0.2, 0.25) is 0 Å². The number of aliphatic hydroxyl groups excluding tert-OH is 4. The van der Waals surface area contributed by atoms with E-state index in [0.29, 0.717) is 5.56 Å². The van der Waals surface area contributed by atoms with Crippen LogP contribution < -0.4 is 15.2 Å². The Labute approximate surface area is 252 Å². The van der Waals surface area contributed by atoms with Crippen molar-refractivity contribution in [3.63, 3.8) is 0 Å². The van der Waals surface area contributed by atoms with Gasteiger partial charge >= 0.3 is 0 Å². The van der Waals surface area contributed by atoms with Gasteiger partial charge in [-0.3, -0.25) is 14.4 Å². The van der Waals surface area contributed by atoms with E-state index in [-0.39, 0.29) is 71.0 Å². The summed E-state index contributed by atoms with van der Waals surface area (Å²) in [5.74, 6) is -1.74. The van der Waals surface area contributed by atoms with Gasteiger partial charge in [0.2, 0.25) is 0 Å². The van der Waals surface area contributed by atoms with Crippen molar-refractivity contribution in [3.05, 3.63) is 57.6 Å². The molecule has 3 aliphatic rings. The number of rotatable bonds is 9. The number of carbonyl (C=O) groups is 3. The average Bonchev–Trinajstić information content (AvgIpc) is 2.95. The van der Waals surface area contributed by atoms with E-state index in [1.807, 2.05) is 0 Å². The molecule has 43 heavy (non-hydrogen) atoms. The van der Waals surface area contributed by atoms with Crippen LogP contribution in [-0.2, 0) is 25.4 Å². The minimum Gasteiger partial charge on any atom is -0.467 e. The first-order chi connectivity index (χ1) is 20.1. The van der Waals surface area contributed by atoms with Gasteiger partial charge in [0.25, 0.3) is 0 Å². The number of halogens is 1. The molecule has 6 atom stereocenters. The van der Waals surface area contributed by atoms with Crippen LogP contribution in [-0.4, -0.2) is 88.3 Å². The third-order valence-electron chi connectivity index (χ3n) is 8.19. The molecule has 1 unspecified atom stereocenters. The highest BCUT2D eigenvalue weighted by Gasteiger charge is 2.49. The molecule has 1 saturated heterocycles. The third-order valence-corrected chi connectivity index (χ3v) is 8.19. The van der Waals surface area contributed by atoms with Crippen molar-refractivity contribution in [1.82, 2.24) is 0 Å². The van der Waals surface area contributed by atoms with E-state index in [1.165, 1.54) is 31.2 Å². The van der Waals surface area contributed by atoms with Gasteiger partial charge in [0, 0.05) is 42.0 Å². The number of carbonyl (C=O) groups excluding carboxylic acids is 3. The zero-order valence-electron chi connectivity index (χ0n) is 23.5. The number of nitrogens with two attached hydrogens (primary N) is 1. The highest BCUT2D eigenvalue weighted by atomic mass is 35.5. The topological polar surface area (TPSA) is 204 Å². The maximum absolute atomic E-state index is 13.9. The van der Waals surface area contributed by atoms with Crippen molar-refractivity contribution >= 4 is 29.8 Å². The summed E-state index contributed by atoms with van der Waals surface area (Å²) in [6, 6.07) is 5.20. The van der Waals surface area contributed by atoms with E-state index >= 15 is 0 Å². The first-order valence-electron chi connectivity index (χ1n) is 13.5. The summed E-state index contributed by atoms with van der Waals surface area (Å²) < 4.78 is 28.6. The van der Waals surface area contributed by atoms with E-state index in [0.717, 1.165) is 0 Å². The monoisotopic (exact) mass is 623 g/mol. The molecule has 0 radical (unpaired) electrons. The minimum atomic E-state index is -1.61. The minimum absolute atomic E-state index is 0. The van der Waals surface area contributed by atoms with Crippen LogP contribution in [0.5, 0.6) is 11.5 Å². The summed E-state index contributed by atoms with van der Waals surface area (Å²) >= 11 is 0. The zero-order valence-corrected chi connectivity index (χ0v) is 24.3. The van der Waals surface area contributed by atoms with Crippen LogP contribution in [0.25, 0.3) is 0 Å². The molecule has 0 bridgehead atoms. The number of hydrogen-bond donors (Lipinski definition) is 5. The van der Waals surface area contributed by atoms with Gasteiger partial charge in [-0.15, -0.1) is 12.4 Å². The van der Waals surface area contributed by atoms with E-state index in [2.05, 4.69) is 0 Å². The Bertz CT molecular complexity index is 1400. The largest absolute Gasteiger partial charge is 0.467 e. The highest BCUT2D eigenvalue weighted by Crippen LogP contribution is 2.49. The van der Waals surface area contributed by atoms with Crippen LogP contribution in [0.1, 0.15) is 75.8 Å². The average molecular weight is 624 g/mol. The fourth-order valence-electron chi connectivity index (χ4n) is 6.08. The summed E-state index contributed by atoms with van der Waals surface area (Å²) in [5, 5.41) is 39.2. The molecule has 2 aromatic carbocycles. The van der Waals surface area contributed by atoms with Gasteiger partial charge in [-0.25, -0.2) is 0 Å². The van der Waals surface area contributed by atoms with Crippen LogP contribution >= 0.6 is 12.4 Å². The lowest BCUT2D eigenvalue weighted by molar-refractivity contribution is -0.250. The van der Waals surface area contributed by atoms with Gasteiger partial charge in [0.15, 0.2) is 37.2 Å². The van der Waals surface area contributed by atoms with E-state index < -0.39 is 74.0 Å². The molecular weight excluding hydrogens is 590 g/mol. The van der Waals surface area contributed by atoms with Gasteiger partial charge in [0.1, 0.15) is 23.9 Å². The van der Waals surface area contributed by atoms with E-state index in [9.17, 15) is 34.8 Å². The number of hydrogen-bond acceptors (Lipinski definition) is 13. The molecule has 0 aromatic heterocycles. The number of fused-ring (bicyclic) bond motifs is 3. The van der Waals surface area contributed by atoms with E-state index in [4.69, 9.17) is 29.4 Å². The normalized spacial score (nSPS) is 27.8. The number of ether oxygens (including phenoxy) is 5. The first-order valence-corrected chi connectivity index (χ1v) is 13.5. The number of benzene rings is 2. The molecule has 1 heterocycles. The van der Waals surface area contributed by atoms with Gasteiger partial charge < -0.3 is 49.8 Å². The lowest BCUT2D eigenvalue weighted by atomic mass is 9.72. The second kappa shape index (κ2) is 12.9. The second-order valence-electron chi connectivity index (χ2n) is 10.6. The summed E-state index contributed by atoms with van der Waals surface area (Å²) in [6.07, 6.45) is -3.65. The SMILES string of the molecule is CC(=O)[C@]1(OCO)Cc2c(cc3c(c2OCO)C(=O)c2cccc(OCO)c2C3=O)C(O[C@H]2C[C@H](N)[C@@H](O)[C@@H](C)O2)C1.Cl. The van der Waals surface area contributed by atoms with Gasteiger partial charge in [0.05, 0.1) is 29.4 Å². The molecule has 13 nitrogen and oxygen atoms in total. The Morgan fingerprint density at radius 2 is 1.77 bits per heavy atom. The number of aliphatic hydroxyl groups is 4. The van der Waals surface area contributed by atoms with Crippen LogP contribution in [0, 0.1) is 0 Å². The second-order valence-corrected chi connectivity index (χ2v) is 10.6. The van der Waals surface area contributed by atoms with Crippen LogP contribution in [0.4, 0.5) is 0 Å². The van der Waals surface area contributed by atoms with Crippen molar-refractivity contribution in [3.8, 4) is 11.5 Å². The molecule has 2 aromatic rings. The van der Waals surface area contributed by atoms with Gasteiger partial charge in [-0.2, -0.15) is 0 Å². The molecule has 6 N–H and O–H groups in total. The molecule has 5 rings (SSSR count). The fraction of sp³-hybridized carbons (Fsp3) is 0.483. The number of Topliss-reactive ketones (excluding diaryl/α,β-unsaturated/α-hetero) is 1. The summed E-state index contributed by atoms with van der Waals surface area (Å²) in [6.45, 7) is 0.552. The third kappa shape index (κ3) is 5.68. The van der Waals surface area contributed by atoms with Crippen LogP contribution in [0.3, 0.4) is 0 Å². The smallest absolute Gasteiger partial charge is 0.198 e. The molecule has 2 aliphatic carbocycles. The Morgan fingerprint density at radius 3 is 2.40 bits per heavy atom. The van der Waals surface area contributed by atoms with Crippen molar-refractivity contribution in [1.29, 1.82) is 0 Å². The zero-order chi connectivity index (χ0) is 30.3. The fourth-order valence-corrected chi connectivity index (χ4v) is 6.08. The Hall–Kier alpha value is -2.98. The summed E-state index contributed by atoms with van der Waals surface area (Å²) in [5.41, 5.74) is 4.90. The van der Waals surface area contributed by atoms with Crippen molar-refractivity contribution in [2.75, 3.05) is 20.4 Å².